The van der Waals surface area contributed by atoms with Gasteiger partial charge in [0.1, 0.15) is 11.7 Å². The Morgan fingerprint density at radius 1 is 1.00 bits per heavy atom. The van der Waals surface area contributed by atoms with E-state index in [1.807, 2.05) is 52.0 Å². The summed E-state index contributed by atoms with van der Waals surface area (Å²) in [5, 5.41) is 0. The molecule has 5 heteroatoms. The summed E-state index contributed by atoms with van der Waals surface area (Å²) in [7, 11) is 1.64. The van der Waals surface area contributed by atoms with Crippen LogP contribution in [0.4, 0.5) is 0 Å². The van der Waals surface area contributed by atoms with Crippen LogP contribution in [-0.2, 0) is 26.5 Å². The Bertz CT molecular complexity index is 892. The van der Waals surface area contributed by atoms with Crippen molar-refractivity contribution in [2.24, 2.45) is 0 Å². The van der Waals surface area contributed by atoms with Crippen LogP contribution in [0.25, 0.3) is 0 Å². The SMILES string of the molecule is CCOC(=O)C(C(=O)C(C)(C)SCc1ccc(OC)cc1)c1c(C)cc(CC)cc1C. The predicted octanol–water partition coefficient (Wildman–Crippen LogP) is 5.80. The van der Waals surface area contributed by atoms with Crippen LogP contribution in [0.1, 0.15) is 61.4 Å². The summed E-state index contributed by atoms with van der Waals surface area (Å²) in [5.41, 5.74) is 4.98. The average molecular weight is 443 g/mol. The van der Waals surface area contributed by atoms with Crippen LogP contribution in [0, 0.1) is 13.8 Å². The van der Waals surface area contributed by atoms with Crippen molar-refractivity contribution in [3.8, 4) is 5.75 Å². The Labute approximate surface area is 190 Å². The third kappa shape index (κ3) is 6.13. The Morgan fingerprint density at radius 2 is 1.58 bits per heavy atom. The first-order chi connectivity index (χ1) is 14.6. The number of ether oxygens (including phenoxy) is 2. The molecule has 31 heavy (non-hydrogen) atoms. The van der Waals surface area contributed by atoms with E-state index in [2.05, 4.69) is 19.1 Å². The lowest BCUT2D eigenvalue weighted by Gasteiger charge is -2.29. The molecule has 168 valence electrons. The molecule has 0 aromatic heterocycles. The standard InChI is InChI=1S/C26H34O4S/c1-8-19-14-17(3)22(18(4)15-19)23(25(28)30-9-2)24(27)26(5,6)31-16-20-10-12-21(29-7)13-11-20/h10-15,23H,8-9,16H2,1-7H3. The number of esters is 1. The van der Waals surface area contributed by atoms with Gasteiger partial charge in [-0.25, -0.2) is 0 Å². The summed E-state index contributed by atoms with van der Waals surface area (Å²) in [4.78, 5) is 26.7. The normalized spacial score (nSPS) is 12.4. The topological polar surface area (TPSA) is 52.6 Å². The van der Waals surface area contributed by atoms with Crippen molar-refractivity contribution in [1.29, 1.82) is 0 Å². The highest BCUT2D eigenvalue weighted by molar-refractivity contribution is 8.00. The van der Waals surface area contributed by atoms with Crippen molar-refractivity contribution in [2.75, 3.05) is 13.7 Å². The predicted molar refractivity (Wildman–Crippen MR) is 128 cm³/mol. The number of hydrogen-bond acceptors (Lipinski definition) is 5. The van der Waals surface area contributed by atoms with Gasteiger partial charge in [-0.15, -0.1) is 11.8 Å². The molecular weight excluding hydrogens is 408 g/mol. The number of aryl methyl sites for hydroxylation is 3. The van der Waals surface area contributed by atoms with E-state index < -0.39 is 16.6 Å². The number of Topliss-reactive ketones (excluding diaryl/α,β-unsaturated/α-hetero) is 1. The molecule has 0 aliphatic heterocycles. The third-order valence-electron chi connectivity index (χ3n) is 5.49. The summed E-state index contributed by atoms with van der Waals surface area (Å²) in [5.74, 6) is -0.0662. The Balaban J connectivity index is 2.34. The van der Waals surface area contributed by atoms with Gasteiger partial charge in [0.25, 0.3) is 0 Å². The highest BCUT2D eigenvalue weighted by Crippen LogP contribution is 2.37. The first kappa shape index (κ1) is 25.0. The van der Waals surface area contributed by atoms with Crippen LogP contribution in [-0.4, -0.2) is 30.2 Å². The minimum absolute atomic E-state index is 0.125. The lowest BCUT2D eigenvalue weighted by Crippen LogP contribution is -2.38. The van der Waals surface area contributed by atoms with Gasteiger partial charge in [0.05, 0.1) is 18.5 Å². The molecule has 0 saturated carbocycles. The Hall–Kier alpha value is -2.27. The van der Waals surface area contributed by atoms with Gasteiger partial charge in [0.15, 0.2) is 5.78 Å². The number of ketones is 1. The van der Waals surface area contributed by atoms with E-state index in [-0.39, 0.29) is 12.4 Å². The van der Waals surface area contributed by atoms with Crippen molar-refractivity contribution >= 4 is 23.5 Å². The van der Waals surface area contributed by atoms with Crippen molar-refractivity contribution in [2.45, 2.75) is 64.4 Å². The van der Waals surface area contributed by atoms with Crippen LogP contribution in [0.5, 0.6) is 5.75 Å². The molecule has 0 radical (unpaired) electrons. The van der Waals surface area contributed by atoms with Crippen molar-refractivity contribution in [1.82, 2.24) is 0 Å². The smallest absolute Gasteiger partial charge is 0.321 e. The monoisotopic (exact) mass is 442 g/mol. The van der Waals surface area contributed by atoms with Gasteiger partial charge in [-0.3, -0.25) is 9.59 Å². The van der Waals surface area contributed by atoms with Gasteiger partial charge < -0.3 is 9.47 Å². The van der Waals surface area contributed by atoms with E-state index >= 15 is 0 Å². The number of carbonyl (C=O) groups is 2. The summed E-state index contributed by atoms with van der Waals surface area (Å²) in [6.45, 7) is 11.8. The molecule has 4 nitrogen and oxygen atoms in total. The maximum atomic E-state index is 13.7. The molecule has 1 unspecified atom stereocenters. The van der Waals surface area contributed by atoms with Gasteiger partial charge >= 0.3 is 5.97 Å². The van der Waals surface area contributed by atoms with Crippen molar-refractivity contribution in [3.05, 3.63) is 64.2 Å². The lowest BCUT2D eigenvalue weighted by molar-refractivity contribution is -0.148. The molecule has 2 aromatic rings. The summed E-state index contributed by atoms with van der Waals surface area (Å²) >= 11 is 1.53. The number of methoxy groups -OCH3 is 1. The second kappa shape index (κ2) is 10.9. The fraction of sp³-hybridized carbons (Fsp3) is 0.462. The van der Waals surface area contributed by atoms with Gasteiger partial charge in [-0.05, 0) is 81.0 Å². The molecule has 2 aromatic carbocycles. The lowest BCUT2D eigenvalue weighted by atomic mass is 9.82. The second-order valence-corrected chi connectivity index (χ2v) is 9.79. The maximum Gasteiger partial charge on any atom is 0.321 e. The zero-order chi connectivity index (χ0) is 23.2. The second-order valence-electron chi connectivity index (χ2n) is 8.19. The molecule has 0 N–H and O–H groups in total. The minimum Gasteiger partial charge on any atom is -0.497 e. The zero-order valence-electron chi connectivity index (χ0n) is 19.7. The highest BCUT2D eigenvalue weighted by atomic mass is 32.2. The molecule has 1 atom stereocenters. The maximum absolute atomic E-state index is 13.7. The van der Waals surface area contributed by atoms with Gasteiger partial charge in [-0.2, -0.15) is 0 Å². The number of carbonyl (C=O) groups excluding carboxylic acids is 2. The van der Waals surface area contributed by atoms with E-state index in [1.165, 1.54) is 17.3 Å². The number of benzene rings is 2. The molecular formula is C26H34O4S. The number of rotatable bonds is 10. The van der Waals surface area contributed by atoms with E-state index in [4.69, 9.17) is 9.47 Å². The zero-order valence-corrected chi connectivity index (χ0v) is 20.5. The molecule has 0 spiro atoms. The first-order valence-electron chi connectivity index (χ1n) is 10.7. The van der Waals surface area contributed by atoms with Gasteiger partial charge in [0, 0.05) is 5.75 Å². The Kier molecular flexibility index (Phi) is 8.75. The van der Waals surface area contributed by atoms with Crippen LogP contribution in [0.2, 0.25) is 0 Å². The van der Waals surface area contributed by atoms with Gasteiger partial charge in [-0.1, -0.05) is 31.2 Å². The largest absolute Gasteiger partial charge is 0.497 e. The van der Waals surface area contributed by atoms with Crippen LogP contribution in [0.3, 0.4) is 0 Å². The van der Waals surface area contributed by atoms with Crippen LogP contribution in [0.15, 0.2) is 36.4 Å². The molecule has 0 fully saturated rings. The number of thioether (sulfide) groups is 1. The fourth-order valence-electron chi connectivity index (χ4n) is 3.71. The highest BCUT2D eigenvalue weighted by Gasteiger charge is 2.41. The van der Waals surface area contributed by atoms with E-state index in [0.29, 0.717) is 5.75 Å². The summed E-state index contributed by atoms with van der Waals surface area (Å²) < 4.78 is 9.79. The summed E-state index contributed by atoms with van der Waals surface area (Å²) in [6, 6.07) is 11.9. The van der Waals surface area contributed by atoms with E-state index in [9.17, 15) is 9.59 Å². The van der Waals surface area contributed by atoms with E-state index in [0.717, 1.165) is 34.4 Å². The Morgan fingerprint density at radius 3 is 2.06 bits per heavy atom. The van der Waals surface area contributed by atoms with Crippen LogP contribution >= 0.6 is 11.8 Å². The van der Waals surface area contributed by atoms with Crippen molar-refractivity contribution in [3.63, 3.8) is 0 Å². The molecule has 0 aliphatic carbocycles. The molecule has 2 rings (SSSR count). The van der Waals surface area contributed by atoms with Crippen LogP contribution < -0.4 is 4.74 Å². The summed E-state index contributed by atoms with van der Waals surface area (Å²) in [6.07, 6.45) is 0.906. The average Bonchev–Trinajstić information content (AvgIpc) is 2.74. The van der Waals surface area contributed by atoms with E-state index in [1.54, 1.807) is 14.0 Å². The number of hydrogen-bond donors (Lipinski definition) is 0. The molecule has 0 heterocycles. The third-order valence-corrected chi connectivity index (χ3v) is 6.89. The van der Waals surface area contributed by atoms with Crippen molar-refractivity contribution < 1.29 is 19.1 Å². The molecule has 0 amide bonds. The fourth-order valence-corrected chi connectivity index (χ4v) is 4.69. The molecule has 0 bridgehead atoms. The minimum atomic E-state index is -0.927. The van der Waals surface area contributed by atoms with Gasteiger partial charge in [0.2, 0.25) is 0 Å². The quantitative estimate of drug-likeness (QED) is 0.344. The molecule has 0 saturated heterocycles. The first-order valence-corrected chi connectivity index (χ1v) is 11.7. The molecule has 0 aliphatic rings.